The van der Waals surface area contributed by atoms with Gasteiger partial charge in [-0.05, 0) is 54.7 Å². The minimum atomic E-state index is -4.78. The lowest BCUT2D eigenvalue weighted by Crippen LogP contribution is -2.56. The van der Waals surface area contributed by atoms with E-state index in [1.807, 2.05) is 25.1 Å². The molecule has 190 valence electrons. The number of rotatable bonds is 8. The van der Waals surface area contributed by atoms with Crippen molar-refractivity contribution in [3.8, 4) is 0 Å². The predicted molar refractivity (Wildman–Crippen MR) is 134 cm³/mol. The molecule has 3 rings (SSSR count). The molecule has 0 bridgehead atoms. The fraction of sp³-hybridized carbons (Fsp3) is 0.444. The van der Waals surface area contributed by atoms with Crippen LogP contribution in [0.15, 0.2) is 61.2 Å². The first-order valence-electron chi connectivity index (χ1n) is 11.6. The predicted octanol–water partition coefficient (Wildman–Crippen LogP) is 7.72. The Morgan fingerprint density at radius 1 is 1.17 bits per heavy atom. The third-order valence-corrected chi connectivity index (χ3v) is 7.41. The number of nitrogens with zero attached hydrogens (tertiary/aromatic N) is 1. The highest BCUT2D eigenvalue weighted by Gasteiger charge is 2.52. The molecule has 0 aliphatic carbocycles. The van der Waals surface area contributed by atoms with Gasteiger partial charge in [0.25, 0.3) is 0 Å². The first kappa shape index (κ1) is 27.6. The van der Waals surface area contributed by atoms with Gasteiger partial charge < -0.3 is 10.0 Å². The molecule has 0 radical (unpaired) electrons. The maximum Gasteiger partial charge on any atom is 0.414 e. The number of likely N-dealkylation sites (tertiary alicyclic amines) is 1. The summed E-state index contributed by atoms with van der Waals surface area (Å²) in [6.07, 6.45) is -5.19. The summed E-state index contributed by atoms with van der Waals surface area (Å²) in [5.74, 6) is -0.508. The molecule has 8 heteroatoms. The van der Waals surface area contributed by atoms with E-state index in [-0.39, 0.29) is 18.2 Å². The van der Waals surface area contributed by atoms with E-state index in [1.54, 1.807) is 48.2 Å². The molecule has 1 aliphatic heterocycles. The zero-order valence-electron chi connectivity index (χ0n) is 19.7. The first-order chi connectivity index (χ1) is 16.4. The lowest BCUT2D eigenvalue weighted by molar-refractivity contribution is -0.211. The second kappa shape index (κ2) is 10.9. The van der Waals surface area contributed by atoms with Crippen LogP contribution in [0.2, 0.25) is 10.0 Å². The van der Waals surface area contributed by atoms with Gasteiger partial charge in [-0.2, -0.15) is 13.2 Å². The largest absolute Gasteiger partial charge is 0.414 e. The van der Waals surface area contributed by atoms with E-state index in [0.717, 1.165) is 11.1 Å². The van der Waals surface area contributed by atoms with Crippen LogP contribution in [0.3, 0.4) is 0 Å². The number of amides is 1. The van der Waals surface area contributed by atoms with Gasteiger partial charge in [0.1, 0.15) is 0 Å². The number of carbonyl (C=O) groups is 1. The van der Waals surface area contributed by atoms with Gasteiger partial charge in [-0.15, -0.1) is 6.58 Å². The van der Waals surface area contributed by atoms with E-state index in [2.05, 4.69) is 6.58 Å². The van der Waals surface area contributed by atoms with E-state index in [4.69, 9.17) is 23.2 Å². The molecule has 0 aromatic heterocycles. The number of aliphatic hydroxyl groups is 1. The molecule has 2 aromatic carbocycles. The fourth-order valence-electron chi connectivity index (χ4n) is 5.16. The first-order valence-corrected chi connectivity index (χ1v) is 12.4. The molecule has 0 spiro atoms. The van der Waals surface area contributed by atoms with Crippen LogP contribution in [0.1, 0.15) is 62.6 Å². The van der Waals surface area contributed by atoms with Gasteiger partial charge in [0.15, 0.2) is 6.10 Å². The molecule has 1 heterocycles. The SMILES string of the molecule is C=CC[C@@]1(C)CC(c2cccc(Cl)c2)[C@@H](c2ccc(Cl)cc2)N([C@@H](CC)CC(O)C(F)(F)F)C1=O. The van der Waals surface area contributed by atoms with Gasteiger partial charge >= 0.3 is 6.18 Å². The summed E-state index contributed by atoms with van der Waals surface area (Å²) in [6, 6.07) is 12.9. The maximum absolute atomic E-state index is 14.0. The molecule has 1 N–H and O–H groups in total. The Hall–Kier alpha value is -2.02. The minimum absolute atomic E-state index is 0.245. The molecule has 5 atom stereocenters. The minimum Gasteiger partial charge on any atom is -0.384 e. The van der Waals surface area contributed by atoms with Gasteiger partial charge in [0, 0.05) is 28.4 Å². The van der Waals surface area contributed by atoms with Crippen molar-refractivity contribution in [2.24, 2.45) is 5.41 Å². The normalized spacial score (nSPS) is 24.8. The van der Waals surface area contributed by atoms with Crippen molar-refractivity contribution in [1.82, 2.24) is 4.90 Å². The van der Waals surface area contributed by atoms with Crippen molar-refractivity contribution in [3.63, 3.8) is 0 Å². The van der Waals surface area contributed by atoms with Crippen LogP contribution < -0.4 is 0 Å². The van der Waals surface area contributed by atoms with Crippen LogP contribution >= 0.6 is 23.2 Å². The fourth-order valence-corrected chi connectivity index (χ4v) is 5.48. The van der Waals surface area contributed by atoms with Gasteiger partial charge in [0.2, 0.25) is 5.91 Å². The van der Waals surface area contributed by atoms with Gasteiger partial charge in [-0.25, -0.2) is 0 Å². The van der Waals surface area contributed by atoms with Crippen molar-refractivity contribution in [2.45, 2.75) is 69.8 Å². The number of piperidine rings is 1. The highest BCUT2D eigenvalue weighted by Crippen LogP contribution is 2.52. The second-order valence-corrected chi connectivity index (χ2v) is 10.4. The van der Waals surface area contributed by atoms with Crippen molar-refractivity contribution in [3.05, 3.63) is 82.4 Å². The summed E-state index contributed by atoms with van der Waals surface area (Å²) in [5.41, 5.74) is 0.763. The van der Waals surface area contributed by atoms with Crippen LogP contribution in [0, 0.1) is 5.41 Å². The zero-order chi connectivity index (χ0) is 26.0. The molecule has 0 saturated carbocycles. The van der Waals surface area contributed by atoms with Crippen LogP contribution in [-0.4, -0.2) is 34.2 Å². The quantitative estimate of drug-likeness (QED) is 0.357. The van der Waals surface area contributed by atoms with E-state index in [1.165, 1.54) is 0 Å². The number of halogens is 5. The average Bonchev–Trinajstić information content (AvgIpc) is 2.79. The lowest BCUT2D eigenvalue weighted by atomic mass is 9.67. The Bertz CT molecular complexity index is 1040. The van der Waals surface area contributed by atoms with Crippen molar-refractivity contribution in [1.29, 1.82) is 0 Å². The summed E-state index contributed by atoms with van der Waals surface area (Å²) in [4.78, 5) is 15.6. The molecular weight excluding hydrogens is 498 g/mol. The summed E-state index contributed by atoms with van der Waals surface area (Å²) < 4.78 is 40.0. The number of aliphatic hydroxyl groups excluding tert-OH is 1. The third kappa shape index (κ3) is 6.04. The Morgan fingerprint density at radius 2 is 1.83 bits per heavy atom. The van der Waals surface area contributed by atoms with E-state index >= 15 is 0 Å². The lowest BCUT2D eigenvalue weighted by Gasteiger charge is -2.52. The third-order valence-electron chi connectivity index (χ3n) is 6.92. The molecular formula is C27H30Cl2F3NO2. The van der Waals surface area contributed by atoms with E-state index in [0.29, 0.717) is 22.9 Å². The Kier molecular flexibility index (Phi) is 8.61. The number of allylic oxidation sites excluding steroid dienone is 1. The molecule has 2 unspecified atom stereocenters. The molecule has 1 amide bonds. The monoisotopic (exact) mass is 527 g/mol. The number of hydrogen-bond acceptors (Lipinski definition) is 2. The average molecular weight is 528 g/mol. The van der Waals surface area contributed by atoms with Crippen molar-refractivity contribution < 1.29 is 23.1 Å². The zero-order valence-corrected chi connectivity index (χ0v) is 21.2. The molecule has 1 fully saturated rings. The Morgan fingerprint density at radius 3 is 2.37 bits per heavy atom. The van der Waals surface area contributed by atoms with Crippen LogP contribution in [0.25, 0.3) is 0 Å². The summed E-state index contributed by atoms with van der Waals surface area (Å²) in [6.45, 7) is 7.36. The van der Waals surface area contributed by atoms with Gasteiger partial charge in [0.05, 0.1) is 11.5 Å². The second-order valence-electron chi connectivity index (χ2n) is 9.48. The smallest absolute Gasteiger partial charge is 0.384 e. The van der Waals surface area contributed by atoms with Crippen molar-refractivity contribution >= 4 is 29.1 Å². The summed E-state index contributed by atoms with van der Waals surface area (Å²) >= 11 is 12.4. The standard InChI is InChI=1S/C27H30Cl2F3NO2/c1-4-13-26(3)16-22(18-7-6-8-20(29)14-18)24(17-9-11-19(28)12-10-17)33(25(26)35)21(5-2)15-23(34)27(30,31)32/h4,6-12,14,21-24,34H,1,5,13,15-16H2,2-3H3/t21-,22?,23?,24+,26-/m0/s1. The number of carbonyl (C=O) groups excluding carboxylic acids is 1. The van der Waals surface area contributed by atoms with Crippen LogP contribution in [0.5, 0.6) is 0 Å². The Labute approximate surface area is 214 Å². The molecule has 1 aliphatic rings. The van der Waals surface area contributed by atoms with Crippen LogP contribution in [0.4, 0.5) is 13.2 Å². The van der Waals surface area contributed by atoms with Gasteiger partial charge in [-0.1, -0.05) is 67.4 Å². The number of alkyl halides is 3. The summed E-state index contributed by atoms with van der Waals surface area (Å²) in [5, 5.41) is 11.0. The highest BCUT2D eigenvalue weighted by molar-refractivity contribution is 6.30. The maximum atomic E-state index is 14.0. The molecule has 35 heavy (non-hydrogen) atoms. The van der Waals surface area contributed by atoms with Crippen molar-refractivity contribution in [2.75, 3.05) is 0 Å². The topological polar surface area (TPSA) is 40.5 Å². The highest BCUT2D eigenvalue weighted by atomic mass is 35.5. The van der Waals surface area contributed by atoms with E-state index < -0.39 is 36.2 Å². The van der Waals surface area contributed by atoms with E-state index in [9.17, 15) is 23.1 Å². The number of benzene rings is 2. The molecule has 2 aromatic rings. The van der Waals surface area contributed by atoms with Crippen LogP contribution in [-0.2, 0) is 4.79 Å². The molecule has 3 nitrogen and oxygen atoms in total. The molecule has 1 saturated heterocycles. The Balaban J connectivity index is 2.21. The van der Waals surface area contributed by atoms with Gasteiger partial charge in [-0.3, -0.25) is 4.79 Å². The number of hydrogen-bond donors (Lipinski definition) is 1. The summed E-state index contributed by atoms with van der Waals surface area (Å²) in [7, 11) is 0.